The van der Waals surface area contributed by atoms with Crippen LogP contribution in [0.25, 0.3) is 0 Å². The van der Waals surface area contributed by atoms with Gasteiger partial charge in [0.1, 0.15) is 0 Å². The monoisotopic (exact) mass is 1200 g/mol. The molecule has 7 nitrogen and oxygen atoms in total. The number of carboxylic acid groups (broad SMARTS) is 2. The average molecular weight is 1200 g/mol. The molecule has 6 rings (SSSR count). The molecule has 1 aliphatic carbocycles. The molecule has 0 heterocycles. The van der Waals surface area contributed by atoms with Crippen molar-refractivity contribution in [2.75, 3.05) is 55.0 Å². The van der Waals surface area contributed by atoms with E-state index in [4.69, 9.17) is 4.55 Å². The second-order valence-corrected chi connectivity index (χ2v) is 34.2. The zero-order valence-electron chi connectivity index (χ0n) is 52.4. The Morgan fingerprint density at radius 3 is 1.06 bits per heavy atom. The van der Waals surface area contributed by atoms with E-state index in [-0.39, 0.29) is 30.4 Å². The van der Waals surface area contributed by atoms with E-state index in [2.05, 4.69) is 163 Å². The van der Waals surface area contributed by atoms with Crippen LogP contribution in [0.1, 0.15) is 203 Å². The highest BCUT2D eigenvalue weighted by molar-refractivity contribution is 7.85. The lowest BCUT2D eigenvalue weighted by Crippen LogP contribution is -2.57. The Bertz CT molecular complexity index is 2480. The minimum atomic E-state index is -4.11. The van der Waals surface area contributed by atoms with Gasteiger partial charge in [-0.15, -0.1) is 0 Å². The largest absolute Gasteiger partial charge is 0.549 e. The molecule has 0 saturated heterocycles. The third kappa shape index (κ3) is 23.9. The smallest absolute Gasteiger partial charge is 0.264 e. The maximum atomic E-state index is 12.2. The first-order valence-electron chi connectivity index (χ1n) is 32.4. The first-order chi connectivity index (χ1) is 40.7. The molecule has 0 bridgehead atoms. The van der Waals surface area contributed by atoms with Gasteiger partial charge in [-0.1, -0.05) is 256 Å². The number of aliphatic carboxylic acids is 2. The van der Waals surface area contributed by atoms with Crippen molar-refractivity contribution in [3.8, 4) is 0 Å². The van der Waals surface area contributed by atoms with Crippen LogP contribution < -0.4 is 10.2 Å². The second-order valence-electron chi connectivity index (χ2n) is 23.7. The molecule has 0 aliphatic heterocycles. The van der Waals surface area contributed by atoms with Gasteiger partial charge in [-0.25, -0.2) is 0 Å². The lowest BCUT2D eigenvalue weighted by atomic mass is 9.62. The van der Waals surface area contributed by atoms with Crippen LogP contribution in [0.15, 0.2) is 175 Å². The SMILES string of the molecule is CCCC[P+](CCCC)(CCCC)CCCC(c1ccccc1)c1ccccc1.CCCC[P+](CCCC)(CCCC)CCCC(c1ccccc1)c1ccccc1.O=C([O-])C1C=CC=C(CCCCS(=O)(=O)O)C1(C(=O)[O-])c1ccccc1. The van der Waals surface area contributed by atoms with Crippen molar-refractivity contribution in [1.29, 1.82) is 0 Å². The molecular weight excluding hydrogens is 1090 g/mol. The lowest BCUT2D eigenvalue weighted by Gasteiger charge is -2.45. The summed E-state index contributed by atoms with van der Waals surface area (Å²) in [4.78, 5) is 23.8. The van der Waals surface area contributed by atoms with E-state index in [1.54, 1.807) is 55.2 Å². The molecule has 0 radical (unpaired) electrons. The molecule has 10 heteroatoms. The molecule has 0 saturated carbocycles. The Balaban J connectivity index is 0.000000271. The summed E-state index contributed by atoms with van der Waals surface area (Å²) in [5, 5.41) is 23.8. The summed E-state index contributed by atoms with van der Waals surface area (Å²) in [7, 11) is -5.68. The summed E-state index contributed by atoms with van der Waals surface area (Å²) >= 11 is 0. The van der Waals surface area contributed by atoms with Gasteiger partial charge in [-0.3, -0.25) is 4.55 Å². The Morgan fingerprint density at radius 1 is 0.464 bits per heavy atom. The number of allylic oxidation sites excluding steroid dienone is 2. The quantitative estimate of drug-likeness (QED) is 0.0236. The van der Waals surface area contributed by atoms with Gasteiger partial charge in [0.2, 0.25) is 0 Å². The number of rotatable bonds is 38. The van der Waals surface area contributed by atoms with Gasteiger partial charge >= 0.3 is 0 Å². The summed E-state index contributed by atoms with van der Waals surface area (Å²) in [6, 6.07) is 52.7. The van der Waals surface area contributed by atoms with Crippen LogP contribution in [0.5, 0.6) is 0 Å². The van der Waals surface area contributed by atoms with Gasteiger partial charge < -0.3 is 19.8 Å². The number of hydrogen-bond donors (Lipinski definition) is 1. The number of hydrogen-bond acceptors (Lipinski definition) is 6. The van der Waals surface area contributed by atoms with E-state index in [0.29, 0.717) is 11.8 Å². The number of carbonyl (C=O) groups excluding carboxylic acids is 2. The summed E-state index contributed by atoms with van der Waals surface area (Å²) < 4.78 is 30.4. The van der Waals surface area contributed by atoms with Crippen molar-refractivity contribution in [3.63, 3.8) is 0 Å². The van der Waals surface area contributed by atoms with Gasteiger partial charge in [0.15, 0.2) is 0 Å². The third-order valence-corrected chi connectivity index (χ3v) is 28.4. The average Bonchev–Trinajstić information content (AvgIpc) is 2.60. The summed E-state index contributed by atoms with van der Waals surface area (Å²) in [5.41, 5.74) is 4.54. The van der Waals surface area contributed by atoms with E-state index in [1.165, 1.54) is 168 Å². The highest BCUT2D eigenvalue weighted by Crippen LogP contribution is 2.62. The molecule has 2 unspecified atom stereocenters. The summed E-state index contributed by atoms with van der Waals surface area (Å²) in [6.07, 6.45) is 39.2. The summed E-state index contributed by atoms with van der Waals surface area (Å²) in [5.74, 6) is -3.94. The predicted octanol–water partition coefficient (Wildman–Crippen LogP) is 17.6. The Hall–Kier alpha value is -4.71. The van der Waals surface area contributed by atoms with Gasteiger partial charge in [-0.2, -0.15) is 8.42 Å². The molecule has 460 valence electrons. The number of unbranched alkanes of at least 4 members (excludes halogenated alkanes) is 7. The highest BCUT2D eigenvalue weighted by Gasteiger charge is 2.46. The molecule has 0 fully saturated rings. The molecule has 2 atom stereocenters. The molecule has 0 aromatic heterocycles. The molecule has 5 aromatic rings. The van der Waals surface area contributed by atoms with Crippen molar-refractivity contribution in [2.45, 2.75) is 181 Å². The van der Waals surface area contributed by atoms with E-state index in [0.717, 1.165) is 0 Å². The van der Waals surface area contributed by atoms with Crippen LogP contribution in [0.4, 0.5) is 0 Å². The van der Waals surface area contributed by atoms with E-state index >= 15 is 0 Å². The number of carboxylic acids is 2. The van der Waals surface area contributed by atoms with Crippen molar-refractivity contribution >= 4 is 36.6 Å². The fourth-order valence-corrected chi connectivity index (χ4v) is 23.6. The van der Waals surface area contributed by atoms with Crippen molar-refractivity contribution in [2.24, 2.45) is 5.92 Å². The minimum Gasteiger partial charge on any atom is -0.549 e. The number of benzene rings is 5. The zero-order valence-corrected chi connectivity index (χ0v) is 55.0. The van der Waals surface area contributed by atoms with Crippen LogP contribution in [-0.4, -0.2) is 80.0 Å². The lowest BCUT2D eigenvalue weighted by molar-refractivity contribution is -0.325. The molecule has 5 aromatic carbocycles. The van der Waals surface area contributed by atoms with Crippen LogP contribution in [0, 0.1) is 5.92 Å². The minimum absolute atomic E-state index is 0.105. The fourth-order valence-electron chi connectivity index (χ4n) is 12.7. The Kier molecular flexibility index (Phi) is 34.1. The van der Waals surface area contributed by atoms with Crippen LogP contribution >= 0.6 is 14.5 Å². The molecule has 1 aliphatic rings. The maximum Gasteiger partial charge on any atom is 0.264 e. The Labute approximate surface area is 511 Å². The standard InChI is InChI=1S/2C28H44P.C18H20O7S/c2*1-4-7-22-29(23-8-5-2,24-9-6-3)25-16-21-28(26-17-12-10-13-18-26)27-19-14-11-15-20-27;19-16(20)15-11-6-10-14(9-4-5-12-26(23,24)25)18(15,17(21)22)13-7-2-1-3-8-13/h2*10-15,17-20,28H,4-9,16,21-25H2,1-3H3;1-3,6-8,10-11,15H,4-5,9,12H2,(H,19,20)(H,21,22)(H,23,24,25)/q2*+1;/p-2. The van der Waals surface area contributed by atoms with Gasteiger partial charge in [-0.05, 0) is 111 Å². The van der Waals surface area contributed by atoms with E-state index in [9.17, 15) is 28.2 Å². The molecule has 0 amide bonds. The van der Waals surface area contributed by atoms with E-state index in [1.807, 2.05) is 0 Å². The zero-order chi connectivity index (χ0) is 60.9. The van der Waals surface area contributed by atoms with Gasteiger partial charge in [0.05, 0.1) is 66.4 Å². The fraction of sp³-hybridized carbons (Fsp3) is 0.514. The molecule has 0 spiro atoms. The first-order valence-corrected chi connectivity index (χ1v) is 39.1. The van der Waals surface area contributed by atoms with Crippen molar-refractivity contribution in [1.82, 2.24) is 0 Å². The van der Waals surface area contributed by atoms with Crippen LogP contribution in [0.3, 0.4) is 0 Å². The van der Waals surface area contributed by atoms with Crippen molar-refractivity contribution in [3.05, 3.63) is 203 Å². The number of carbonyl (C=O) groups is 2. The third-order valence-electron chi connectivity index (χ3n) is 17.5. The van der Waals surface area contributed by atoms with Crippen LogP contribution in [-0.2, 0) is 25.1 Å². The molecule has 84 heavy (non-hydrogen) atoms. The highest BCUT2D eigenvalue weighted by atomic mass is 32.2. The van der Waals surface area contributed by atoms with E-state index < -0.39 is 53.7 Å². The predicted molar refractivity (Wildman–Crippen MR) is 359 cm³/mol. The van der Waals surface area contributed by atoms with Crippen molar-refractivity contribution < 1.29 is 32.8 Å². The van der Waals surface area contributed by atoms with Crippen LogP contribution in [0.2, 0.25) is 0 Å². The second kappa shape index (κ2) is 39.9. The first kappa shape index (κ1) is 71.8. The van der Waals surface area contributed by atoms with Gasteiger partial charge in [0, 0.05) is 38.2 Å². The Morgan fingerprint density at radius 2 is 0.774 bits per heavy atom. The summed E-state index contributed by atoms with van der Waals surface area (Å²) in [6.45, 7) is 14.2. The van der Waals surface area contributed by atoms with Gasteiger partial charge in [0.25, 0.3) is 10.1 Å². The molecular formula is C74H106O7P2S. The molecule has 1 N–H and O–H groups in total. The normalized spacial score (nSPS) is 15.2. The maximum absolute atomic E-state index is 12.2. The topological polar surface area (TPSA) is 135 Å².